The number of nitrogens with zero attached hydrogens (tertiary/aromatic N) is 1. The van der Waals surface area contributed by atoms with Gasteiger partial charge in [-0.2, -0.15) is 0 Å². The van der Waals surface area contributed by atoms with Crippen molar-refractivity contribution < 1.29 is 14.7 Å². The van der Waals surface area contributed by atoms with Crippen LogP contribution >= 0.6 is 0 Å². The fourth-order valence-corrected chi connectivity index (χ4v) is 3.49. The fourth-order valence-electron chi connectivity index (χ4n) is 3.49. The molecule has 2 bridgehead atoms. The molecule has 2 aliphatic rings. The van der Waals surface area contributed by atoms with E-state index in [0.29, 0.717) is 18.4 Å². The van der Waals surface area contributed by atoms with Crippen LogP contribution in [-0.4, -0.2) is 46.6 Å². The van der Waals surface area contributed by atoms with E-state index in [1.165, 1.54) is 0 Å². The molecule has 0 aromatic heterocycles. The van der Waals surface area contributed by atoms with E-state index in [-0.39, 0.29) is 36.5 Å². The Morgan fingerprint density at radius 2 is 1.76 bits per heavy atom. The zero-order valence-electron chi connectivity index (χ0n) is 11.9. The monoisotopic (exact) mass is 288 g/mol. The van der Waals surface area contributed by atoms with E-state index in [1.54, 1.807) is 24.3 Å². The van der Waals surface area contributed by atoms with Crippen molar-refractivity contribution in [3.05, 3.63) is 35.9 Å². The van der Waals surface area contributed by atoms with Crippen molar-refractivity contribution in [1.29, 1.82) is 0 Å². The Bertz CT molecular complexity index is 518. The molecule has 0 radical (unpaired) electrons. The van der Waals surface area contributed by atoms with E-state index >= 15 is 0 Å². The number of carbonyl (C=O) groups excluding carboxylic acids is 2. The average molecular weight is 288 g/mol. The molecule has 1 aromatic carbocycles. The molecule has 2 unspecified atom stereocenters. The lowest BCUT2D eigenvalue weighted by atomic mass is 10.00. The van der Waals surface area contributed by atoms with Crippen molar-refractivity contribution in [2.75, 3.05) is 6.54 Å². The molecule has 2 atom stereocenters. The van der Waals surface area contributed by atoms with Crippen molar-refractivity contribution in [2.45, 2.75) is 43.9 Å². The van der Waals surface area contributed by atoms with E-state index in [1.807, 2.05) is 11.0 Å². The highest BCUT2D eigenvalue weighted by molar-refractivity contribution is 5.96. The second kappa shape index (κ2) is 5.85. The summed E-state index contributed by atoms with van der Waals surface area (Å²) in [6.07, 6.45) is 2.95. The van der Waals surface area contributed by atoms with Crippen LogP contribution in [0.3, 0.4) is 0 Å². The van der Waals surface area contributed by atoms with Crippen LogP contribution in [0.1, 0.15) is 36.0 Å². The van der Waals surface area contributed by atoms with Crippen LogP contribution < -0.4 is 5.32 Å². The summed E-state index contributed by atoms with van der Waals surface area (Å²) in [5, 5.41) is 12.4. The molecular formula is C16H20N2O3. The van der Waals surface area contributed by atoms with Gasteiger partial charge in [-0.05, 0) is 37.8 Å². The van der Waals surface area contributed by atoms with Crippen LogP contribution in [0, 0.1) is 0 Å². The van der Waals surface area contributed by atoms with E-state index in [2.05, 4.69) is 5.32 Å². The minimum Gasteiger partial charge on any atom is -0.393 e. The van der Waals surface area contributed by atoms with Gasteiger partial charge >= 0.3 is 0 Å². The minimum atomic E-state index is -0.287. The van der Waals surface area contributed by atoms with E-state index < -0.39 is 0 Å². The number of amides is 2. The first-order chi connectivity index (χ1) is 10.1. The number of benzene rings is 1. The molecule has 0 aliphatic carbocycles. The van der Waals surface area contributed by atoms with Crippen molar-refractivity contribution in [1.82, 2.24) is 10.2 Å². The van der Waals surface area contributed by atoms with E-state index in [0.717, 1.165) is 12.8 Å². The highest BCUT2D eigenvalue weighted by Gasteiger charge is 2.42. The fraction of sp³-hybridized carbons (Fsp3) is 0.500. The number of hydrogen-bond donors (Lipinski definition) is 2. The summed E-state index contributed by atoms with van der Waals surface area (Å²) in [5.41, 5.74) is 0.558. The maximum Gasteiger partial charge on any atom is 0.251 e. The summed E-state index contributed by atoms with van der Waals surface area (Å²) in [5.74, 6) is -0.271. The second-order valence-corrected chi connectivity index (χ2v) is 5.86. The highest BCUT2D eigenvalue weighted by Crippen LogP contribution is 2.35. The van der Waals surface area contributed by atoms with Gasteiger partial charge in [0.25, 0.3) is 5.91 Å². The number of carbonyl (C=O) groups is 2. The van der Waals surface area contributed by atoms with Crippen LogP contribution in [0.15, 0.2) is 30.3 Å². The Kier molecular flexibility index (Phi) is 3.92. The third-order valence-electron chi connectivity index (χ3n) is 4.43. The number of nitrogens with one attached hydrogen (secondary N) is 1. The summed E-state index contributed by atoms with van der Waals surface area (Å²) in [4.78, 5) is 26.1. The second-order valence-electron chi connectivity index (χ2n) is 5.86. The molecule has 2 amide bonds. The van der Waals surface area contributed by atoms with Crippen LogP contribution in [0.2, 0.25) is 0 Å². The number of aliphatic hydroxyl groups excluding tert-OH is 1. The number of hydrogen-bond acceptors (Lipinski definition) is 3. The van der Waals surface area contributed by atoms with E-state index in [9.17, 15) is 14.7 Å². The summed E-state index contributed by atoms with van der Waals surface area (Å²) in [6.45, 7) is 0.0246. The van der Waals surface area contributed by atoms with Crippen molar-refractivity contribution in [3.63, 3.8) is 0 Å². The summed E-state index contributed by atoms with van der Waals surface area (Å²) in [7, 11) is 0. The summed E-state index contributed by atoms with van der Waals surface area (Å²) < 4.78 is 0. The molecule has 2 heterocycles. The zero-order chi connectivity index (χ0) is 14.8. The molecule has 2 fully saturated rings. The van der Waals surface area contributed by atoms with Gasteiger partial charge in [-0.15, -0.1) is 0 Å². The number of aliphatic hydroxyl groups is 1. The maximum atomic E-state index is 12.3. The maximum absolute atomic E-state index is 12.3. The van der Waals surface area contributed by atoms with Crippen LogP contribution in [0.4, 0.5) is 0 Å². The Balaban J connectivity index is 1.57. The standard InChI is InChI=1S/C16H20N2O3/c19-14-8-12-6-7-13(9-14)18(12)15(20)10-17-16(21)11-4-2-1-3-5-11/h1-5,12-14,19H,6-10H2,(H,17,21). The Morgan fingerprint density at radius 1 is 1.14 bits per heavy atom. The van der Waals surface area contributed by atoms with Gasteiger partial charge in [-0.3, -0.25) is 9.59 Å². The molecule has 2 aliphatic heterocycles. The molecule has 1 aromatic rings. The first-order valence-electron chi connectivity index (χ1n) is 7.47. The van der Waals surface area contributed by atoms with Gasteiger partial charge in [0, 0.05) is 17.6 Å². The topological polar surface area (TPSA) is 69.6 Å². The zero-order valence-corrected chi connectivity index (χ0v) is 11.9. The molecule has 2 N–H and O–H groups in total. The van der Waals surface area contributed by atoms with Gasteiger partial charge in [0.15, 0.2) is 0 Å². The van der Waals surface area contributed by atoms with Crippen LogP contribution in [-0.2, 0) is 4.79 Å². The van der Waals surface area contributed by atoms with Crippen LogP contribution in [0.5, 0.6) is 0 Å². The molecule has 112 valence electrons. The SMILES string of the molecule is O=C(NCC(=O)N1C2CCC1CC(O)C2)c1ccccc1. The van der Waals surface area contributed by atoms with Crippen molar-refractivity contribution in [2.24, 2.45) is 0 Å². The average Bonchev–Trinajstić information content (AvgIpc) is 2.77. The van der Waals surface area contributed by atoms with Gasteiger partial charge in [0.1, 0.15) is 0 Å². The van der Waals surface area contributed by atoms with E-state index in [4.69, 9.17) is 0 Å². The Labute approximate surface area is 123 Å². The van der Waals surface area contributed by atoms with Gasteiger partial charge in [0.2, 0.25) is 5.91 Å². The molecule has 2 saturated heterocycles. The lowest BCUT2D eigenvalue weighted by Gasteiger charge is -2.37. The third-order valence-corrected chi connectivity index (χ3v) is 4.43. The predicted octanol–water partition coefficient (Wildman–Crippen LogP) is 0.931. The molecule has 0 spiro atoms. The first kappa shape index (κ1) is 14.1. The lowest BCUT2D eigenvalue weighted by Crippen LogP contribution is -2.51. The van der Waals surface area contributed by atoms with Gasteiger partial charge in [-0.25, -0.2) is 0 Å². The normalized spacial score (nSPS) is 27.5. The van der Waals surface area contributed by atoms with Gasteiger partial charge in [0.05, 0.1) is 12.6 Å². The van der Waals surface area contributed by atoms with Gasteiger partial charge < -0.3 is 15.3 Å². The third kappa shape index (κ3) is 2.93. The largest absolute Gasteiger partial charge is 0.393 e. The summed E-state index contributed by atoms with van der Waals surface area (Å²) in [6, 6.07) is 9.16. The Hall–Kier alpha value is -1.88. The number of piperidine rings is 1. The molecule has 5 heteroatoms. The first-order valence-corrected chi connectivity index (χ1v) is 7.47. The highest BCUT2D eigenvalue weighted by atomic mass is 16.3. The predicted molar refractivity (Wildman–Crippen MR) is 77.7 cm³/mol. The van der Waals surface area contributed by atoms with Crippen molar-refractivity contribution >= 4 is 11.8 Å². The Morgan fingerprint density at radius 3 is 2.38 bits per heavy atom. The quantitative estimate of drug-likeness (QED) is 0.869. The summed E-state index contributed by atoms with van der Waals surface area (Å²) >= 11 is 0. The van der Waals surface area contributed by atoms with Crippen LogP contribution in [0.25, 0.3) is 0 Å². The van der Waals surface area contributed by atoms with Crippen molar-refractivity contribution in [3.8, 4) is 0 Å². The number of fused-ring (bicyclic) bond motifs is 2. The smallest absolute Gasteiger partial charge is 0.251 e. The minimum absolute atomic E-state index is 0.0246. The number of rotatable bonds is 3. The molecule has 5 nitrogen and oxygen atoms in total. The molecule has 21 heavy (non-hydrogen) atoms. The molecule has 3 rings (SSSR count). The lowest BCUT2D eigenvalue weighted by molar-refractivity contribution is -0.136. The van der Waals surface area contributed by atoms with Gasteiger partial charge in [-0.1, -0.05) is 18.2 Å². The molecular weight excluding hydrogens is 268 g/mol. The molecule has 0 saturated carbocycles.